The molecule has 0 bridgehead atoms. The molecule has 0 aliphatic carbocycles. The molecule has 0 aromatic heterocycles. The molecule has 0 saturated carbocycles. The summed E-state index contributed by atoms with van der Waals surface area (Å²) in [7, 11) is -3.76. The summed E-state index contributed by atoms with van der Waals surface area (Å²) in [5.41, 5.74) is 4.78. The number of halogens is 3. The summed E-state index contributed by atoms with van der Waals surface area (Å²) in [4.78, 5) is -0.175. The number of nitrogens with one attached hydrogen (secondary N) is 1. The summed E-state index contributed by atoms with van der Waals surface area (Å²) in [6.45, 7) is 6.69. The van der Waals surface area contributed by atoms with Gasteiger partial charge in [0.2, 0.25) is 0 Å². The van der Waals surface area contributed by atoms with Gasteiger partial charge in [-0.05, 0) is 63.6 Å². The normalized spacial score (nSPS) is 13.4. The van der Waals surface area contributed by atoms with Crippen molar-refractivity contribution < 1.29 is 13.7 Å². The standard InChI is InChI=1S/C30H29Cl2FN2O2S/c1-30(2,3)24-11-9-22(10-12-24)23-6-4-5-21(15-23)19-35(18-20-7-13-26(33)14-8-20)38(34,37)28-17-25(31)16-27(32)29(28)36/h4-17,34,36H,18-19H2,1-3H3. The van der Waals surface area contributed by atoms with Crippen molar-refractivity contribution in [1.29, 1.82) is 4.78 Å². The molecular formula is C30H29Cl2FN2O2S. The molecule has 0 aliphatic heterocycles. The molecule has 0 spiro atoms. The first-order valence-electron chi connectivity index (χ1n) is 12.0. The Bertz CT molecular complexity index is 1550. The SMILES string of the molecule is CC(C)(C)c1ccc(-c2cccc(CN(Cc3ccc(F)cc3)S(=N)(=O)c3cc(Cl)cc(Cl)c3O)c2)cc1. The lowest BCUT2D eigenvalue weighted by molar-refractivity contribution is 0.418. The highest BCUT2D eigenvalue weighted by molar-refractivity contribution is 7.90. The lowest BCUT2D eigenvalue weighted by atomic mass is 9.86. The highest BCUT2D eigenvalue weighted by Crippen LogP contribution is 2.37. The van der Waals surface area contributed by atoms with Crippen molar-refractivity contribution in [2.45, 2.75) is 44.2 Å². The van der Waals surface area contributed by atoms with Crippen molar-refractivity contribution in [2.24, 2.45) is 0 Å². The molecule has 38 heavy (non-hydrogen) atoms. The fraction of sp³-hybridized carbons (Fsp3) is 0.200. The summed E-state index contributed by atoms with van der Waals surface area (Å²) < 4.78 is 37.9. The van der Waals surface area contributed by atoms with Crippen LogP contribution in [-0.2, 0) is 28.4 Å². The molecule has 0 fully saturated rings. The van der Waals surface area contributed by atoms with Crippen molar-refractivity contribution in [1.82, 2.24) is 4.31 Å². The second-order valence-corrected chi connectivity index (χ2v) is 13.1. The fourth-order valence-electron chi connectivity index (χ4n) is 4.14. The fourth-order valence-corrected chi connectivity index (χ4v) is 6.35. The number of phenols is 1. The first-order valence-corrected chi connectivity index (χ1v) is 14.3. The van der Waals surface area contributed by atoms with Crippen molar-refractivity contribution in [3.8, 4) is 16.9 Å². The Hall–Kier alpha value is -2.90. The second kappa shape index (κ2) is 11.1. The number of rotatable bonds is 7. The van der Waals surface area contributed by atoms with Gasteiger partial charge in [-0.3, -0.25) is 0 Å². The highest BCUT2D eigenvalue weighted by atomic mass is 35.5. The Morgan fingerprint density at radius 2 is 1.50 bits per heavy atom. The van der Waals surface area contributed by atoms with Crippen molar-refractivity contribution >= 4 is 33.1 Å². The van der Waals surface area contributed by atoms with Gasteiger partial charge in [-0.1, -0.05) is 98.6 Å². The van der Waals surface area contributed by atoms with Crippen LogP contribution in [0.15, 0.2) is 89.8 Å². The van der Waals surface area contributed by atoms with Crippen LogP contribution in [0.2, 0.25) is 10.0 Å². The van der Waals surface area contributed by atoms with E-state index in [1.165, 1.54) is 34.1 Å². The smallest absolute Gasteiger partial charge is 0.152 e. The van der Waals surface area contributed by atoms with Crippen LogP contribution in [0.3, 0.4) is 0 Å². The highest BCUT2D eigenvalue weighted by Gasteiger charge is 2.26. The zero-order valence-corrected chi connectivity index (χ0v) is 23.7. The van der Waals surface area contributed by atoms with E-state index in [1.54, 1.807) is 12.1 Å². The van der Waals surface area contributed by atoms with E-state index >= 15 is 0 Å². The maximum Gasteiger partial charge on any atom is 0.152 e. The Morgan fingerprint density at radius 3 is 2.13 bits per heavy atom. The lowest BCUT2D eigenvalue weighted by Gasteiger charge is -2.26. The van der Waals surface area contributed by atoms with Crippen molar-refractivity contribution in [3.63, 3.8) is 0 Å². The van der Waals surface area contributed by atoms with E-state index in [2.05, 4.69) is 45.0 Å². The number of nitrogens with zero attached hydrogens (tertiary/aromatic N) is 1. The molecule has 0 saturated heterocycles. The number of hydrogen-bond donors (Lipinski definition) is 2. The van der Waals surface area contributed by atoms with Gasteiger partial charge < -0.3 is 5.11 Å². The van der Waals surface area contributed by atoms with Gasteiger partial charge in [0.05, 0.1) is 5.02 Å². The van der Waals surface area contributed by atoms with Gasteiger partial charge in [0.1, 0.15) is 20.6 Å². The monoisotopic (exact) mass is 570 g/mol. The molecule has 4 rings (SSSR count). The van der Waals surface area contributed by atoms with Gasteiger partial charge in [-0.15, -0.1) is 0 Å². The minimum Gasteiger partial charge on any atom is -0.505 e. The first kappa shape index (κ1) is 28.1. The maximum absolute atomic E-state index is 14.0. The number of benzene rings is 4. The number of phenolic OH excluding ortho intramolecular Hbond substituents is 1. The van der Waals surface area contributed by atoms with Crippen LogP contribution in [0.1, 0.15) is 37.5 Å². The molecule has 8 heteroatoms. The molecule has 0 amide bonds. The topological polar surface area (TPSA) is 64.4 Å². The average Bonchev–Trinajstić information content (AvgIpc) is 2.86. The second-order valence-electron chi connectivity index (χ2n) is 10.2. The van der Waals surface area contributed by atoms with Crippen molar-refractivity contribution in [3.05, 3.63) is 117 Å². The van der Waals surface area contributed by atoms with E-state index < -0.39 is 21.5 Å². The Balaban J connectivity index is 1.72. The van der Waals surface area contributed by atoms with Crippen molar-refractivity contribution in [2.75, 3.05) is 0 Å². The molecular weight excluding hydrogens is 542 g/mol. The average molecular weight is 572 g/mol. The van der Waals surface area contributed by atoms with E-state index in [1.807, 2.05) is 24.3 Å². The number of aromatic hydroxyl groups is 1. The molecule has 198 valence electrons. The third-order valence-corrected chi connectivity index (χ3v) is 8.70. The van der Waals surface area contributed by atoms with Crippen LogP contribution >= 0.6 is 23.2 Å². The quantitative estimate of drug-likeness (QED) is 0.233. The molecule has 0 radical (unpaired) electrons. The number of hydrogen-bond acceptors (Lipinski definition) is 3. The molecule has 0 heterocycles. The summed E-state index contributed by atoms with van der Waals surface area (Å²) in [5.74, 6) is -0.843. The zero-order chi connectivity index (χ0) is 27.7. The van der Waals surface area contributed by atoms with E-state index in [0.717, 1.165) is 16.7 Å². The van der Waals surface area contributed by atoms with Gasteiger partial charge in [-0.2, -0.15) is 0 Å². The van der Waals surface area contributed by atoms with Crippen LogP contribution in [0.25, 0.3) is 11.1 Å². The Labute approximate surface area is 233 Å². The molecule has 4 aromatic rings. The molecule has 2 N–H and O–H groups in total. The van der Waals surface area contributed by atoms with Crippen LogP contribution in [0, 0.1) is 10.6 Å². The largest absolute Gasteiger partial charge is 0.505 e. The Morgan fingerprint density at radius 1 is 0.868 bits per heavy atom. The summed E-state index contributed by atoms with van der Waals surface area (Å²) >= 11 is 12.2. The molecule has 4 aromatic carbocycles. The Kier molecular flexibility index (Phi) is 8.19. The van der Waals surface area contributed by atoms with E-state index in [-0.39, 0.29) is 33.4 Å². The first-order chi connectivity index (χ1) is 17.8. The molecule has 4 nitrogen and oxygen atoms in total. The van der Waals surface area contributed by atoms with E-state index in [0.29, 0.717) is 5.56 Å². The summed E-state index contributed by atoms with van der Waals surface area (Å²) in [6.07, 6.45) is 0. The molecule has 0 aliphatic rings. The van der Waals surface area contributed by atoms with Gasteiger partial charge in [-0.25, -0.2) is 17.7 Å². The predicted molar refractivity (Wildman–Crippen MR) is 153 cm³/mol. The predicted octanol–water partition coefficient (Wildman–Crippen LogP) is 8.83. The van der Waals surface area contributed by atoms with E-state index in [9.17, 15) is 13.7 Å². The third kappa shape index (κ3) is 6.38. The van der Waals surface area contributed by atoms with Crippen LogP contribution in [-0.4, -0.2) is 13.6 Å². The van der Waals surface area contributed by atoms with Crippen LogP contribution in [0.4, 0.5) is 4.39 Å². The van der Waals surface area contributed by atoms with Gasteiger partial charge in [0.15, 0.2) is 5.75 Å². The summed E-state index contributed by atoms with van der Waals surface area (Å²) in [6, 6.07) is 24.6. The van der Waals surface area contributed by atoms with Crippen LogP contribution < -0.4 is 0 Å². The molecule has 1 atom stereocenters. The maximum atomic E-state index is 14.0. The molecule has 1 unspecified atom stereocenters. The third-order valence-electron chi connectivity index (χ3n) is 6.30. The van der Waals surface area contributed by atoms with E-state index in [4.69, 9.17) is 28.0 Å². The minimum atomic E-state index is -3.76. The van der Waals surface area contributed by atoms with Crippen LogP contribution in [0.5, 0.6) is 5.75 Å². The lowest BCUT2D eigenvalue weighted by Crippen LogP contribution is -2.29. The van der Waals surface area contributed by atoms with Gasteiger partial charge in [0, 0.05) is 18.1 Å². The van der Waals surface area contributed by atoms with Gasteiger partial charge in [0.25, 0.3) is 0 Å². The minimum absolute atomic E-state index is 0.0460. The zero-order valence-electron chi connectivity index (χ0n) is 21.3. The van der Waals surface area contributed by atoms with Gasteiger partial charge >= 0.3 is 0 Å². The summed E-state index contributed by atoms with van der Waals surface area (Å²) in [5, 5.41) is 10.7.